The van der Waals surface area contributed by atoms with Crippen molar-refractivity contribution >= 4 is 38.9 Å². The Kier molecular flexibility index (Phi) is 5.85. The number of ether oxygens (including phenoxy) is 2. The first-order valence-electron chi connectivity index (χ1n) is 7.05. The molecule has 0 amide bonds. The molecule has 0 saturated heterocycles. The molecule has 0 heterocycles. The molecular formula is C16H17Cl2NO4S. The Balaban J connectivity index is 2.52. The molecule has 2 aromatic rings. The second kappa shape index (κ2) is 7.51. The minimum atomic E-state index is -3.88. The molecule has 0 fully saturated rings. The third-order valence-electron chi connectivity index (χ3n) is 3.45. The monoisotopic (exact) mass is 389 g/mol. The maximum absolute atomic E-state index is 13.0. The summed E-state index contributed by atoms with van der Waals surface area (Å²) >= 11 is 12.2. The van der Waals surface area contributed by atoms with Crippen molar-refractivity contribution in [3.63, 3.8) is 0 Å². The average Bonchev–Trinajstić information content (AvgIpc) is 2.58. The lowest BCUT2D eigenvalue weighted by Crippen LogP contribution is -2.31. The van der Waals surface area contributed by atoms with E-state index in [0.717, 1.165) is 0 Å². The van der Waals surface area contributed by atoms with Crippen LogP contribution in [0.1, 0.15) is 6.92 Å². The highest BCUT2D eigenvalue weighted by atomic mass is 35.5. The molecule has 0 aliphatic carbocycles. The Morgan fingerprint density at radius 1 is 0.958 bits per heavy atom. The maximum atomic E-state index is 13.0. The highest BCUT2D eigenvalue weighted by Gasteiger charge is 2.28. The summed E-state index contributed by atoms with van der Waals surface area (Å²) < 4.78 is 37.4. The molecule has 5 nitrogen and oxygen atoms in total. The predicted octanol–water partition coefficient (Wildman–Crippen LogP) is 4.23. The molecule has 2 rings (SSSR count). The van der Waals surface area contributed by atoms with E-state index in [2.05, 4.69) is 0 Å². The summed E-state index contributed by atoms with van der Waals surface area (Å²) in [6.07, 6.45) is 0. The number of halogens is 2. The lowest BCUT2D eigenvalue weighted by Gasteiger charge is -2.24. The molecule has 0 unspecified atom stereocenters. The van der Waals surface area contributed by atoms with Gasteiger partial charge in [-0.3, -0.25) is 4.31 Å². The molecule has 0 bridgehead atoms. The summed E-state index contributed by atoms with van der Waals surface area (Å²) in [5.74, 6) is 0.950. The number of benzene rings is 2. The zero-order valence-corrected chi connectivity index (χ0v) is 15.7. The fourth-order valence-corrected chi connectivity index (χ4v) is 4.52. The van der Waals surface area contributed by atoms with Gasteiger partial charge in [-0.2, -0.15) is 0 Å². The number of hydrogen-bond acceptors (Lipinski definition) is 4. The van der Waals surface area contributed by atoms with E-state index < -0.39 is 10.0 Å². The summed E-state index contributed by atoms with van der Waals surface area (Å²) in [5.41, 5.74) is 0.501. The van der Waals surface area contributed by atoms with Gasteiger partial charge in [0.25, 0.3) is 10.0 Å². The third kappa shape index (κ3) is 3.41. The zero-order chi connectivity index (χ0) is 17.9. The molecular weight excluding hydrogens is 373 g/mol. The van der Waals surface area contributed by atoms with Crippen LogP contribution >= 0.6 is 23.2 Å². The molecule has 0 radical (unpaired) electrons. The lowest BCUT2D eigenvalue weighted by molar-refractivity contribution is 0.414. The van der Waals surface area contributed by atoms with E-state index in [9.17, 15) is 8.42 Å². The normalized spacial score (nSPS) is 11.2. The Morgan fingerprint density at radius 3 is 2.08 bits per heavy atom. The third-order valence-corrected chi connectivity index (χ3v) is 6.37. The van der Waals surface area contributed by atoms with Crippen molar-refractivity contribution in [1.82, 2.24) is 0 Å². The van der Waals surface area contributed by atoms with Gasteiger partial charge in [0.05, 0.1) is 24.9 Å². The number of nitrogens with zero attached hydrogens (tertiary/aromatic N) is 1. The molecule has 2 aromatic carbocycles. The summed E-state index contributed by atoms with van der Waals surface area (Å²) in [5, 5.41) is -0.00555. The van der Waals surface area contributed by atoms with E-state index >= 15 is 0 Å². The molecule has 0 aromatic heterocycles. The molecule has 0 aliphatic rings. The highest BCUT2D eigenvalue weighted by Crippen LogP contribution is 2.38. The smallest absolute Gasteiger partial charge is 0.265 e. The van der Waals surface area contributed by atoms with Crippen LogP contribution in [0.2, 0.25) is 10.0 Å². The first kappa shape index (κ1) is 18.7. The average molecular weight is 390 g/mol. The van der Waals surface area contributed by atoms with Crippen LogP contribution < -0.4 is 13.8 Å². The van der Waals surface area contributed by atoms with Gasteiger partial charge in [0.2, 0.25) is 0 Å². The second-order valence-electron chi connectivity index (χ2n) is 4.76. The van der Waals surface area contributed by atoms with E-state index in [-0.39, 0.29) is 21.5 Å². The summed E-state index contributed by atoms with van der Waals surface area (Å²) in [4.78, 5) is -0.0763. The van der Waals surface area contributed by atoms with Crippen molar-refractivity contribution in [2.24, 2.45) is 0 Å². The summed E-state index contributed by atoms with van der Waals surface area (Å²) in [6.45, 7) is 1.97. The molecule has 0 spiro atoms. The Labute approximate surface area is 151 Å². The number of anilines is 1. The molecule has 0 N–H and O–H groups in total. The van der Waals surface area contributed by atoms with Gasteiger partial charge < -0.3 is 9.47 Å². The van der Waals surface area contributed by atoms with Crippen molar-refractivity contribution in [3.8, 4) is 11.5 Å². The topological polar surface area (TPSA) is 55.8 Å². The van der Waals surface area contributed by atoms with E-state index in [0.29, 0.717) is 17.2 Å². The number of hydrogen-bond donors (Lipinski definition) is 0. The zero-order valence-electron chi connectivity index (χ0n) is 13.4. The second-order valence-corrected chi connectivity index (χ2v) is 7.35. The van der Waals surface area contributed by atoms with E-state index in [4.69, 9.17) is 32.7 Å². The van der Waals surface area contributed by atoms with Gasteiger partial charge in [-0.15, -0.1) is 0 Å². The Bertz CT molecular complexity index is 823. The first-order chi connectivity index (χ1) is 11.4. The Hall–Kier alpha value is -1.63. The minimum absolute atomic E-state index is 0.0611. The van der Waals surface area contributed by atoms with Gasteiger partial charge in [0.1, 0.15) is 21.4 Å². The fourth-order valence-electron chi connectivity index (χ4n) is 2.23. The van der Waals surface area contributed by atoms with Crippen LogP contribution in [-0.4, -0.2) is 29.2 Å². The molecule has 130 valence electrons. The first-order valence-corrected chi connectivity index (χ1v) is 9.25. The number of methoxy groups -OCH3 is 2. The van der Waals surface area contributed by atoms with Gasteiger partial charge in [0, 0.05) is 6.54 Å². The highest BCUT2D eigenvalue weighted by molar-refractivity contribution is 7.93. The van der Waals surface area contributed by atoms with Crippen molar-refractivity contribution in [1.29, 1.82) is 0 Å². The van der Waals surface area contributed by atoms with Crippen LogP contribution in [0.4, 0.5) is 5.69 Å². The number of sulfonamides is 1. The van der Waals surface area contributed by atoms with Crippen molar-refractivity contribution in [3.05, 3.63) is 46.4 Å². The van der Waals surface area contributed by atoms with E-state index in [1.165, 1.54) is 23.5 Å². The lowest BCUT2D eigenvalue weighted by atomic mass is 10.3. The maximum Gasteiger partial charge on any atom is 0.265 e. The molecule has 0 saturated carbocycles. The van der Waals surface area contributed by atoms with Crippen LogP contribution in [0.25, 0.3) is 0 Å². The fraction of sp³-hybridized carbons (Fsp3) is 0.250. The van der Waals surface area contributed by atoms with Gasteiger partial charge in [-0.1, -0.05) is 23.2 Å². The quantitative estimate of drug-likeness (QED) is 0.741. The summed E-state index contributed by atoms with van der Waals surface area (Å²) in [7, 11) is -0.905. The number of rotatable bonds is 6. The summed E-state index contributed by atoms with van der Waals surface area (Å²) in [6, 6.07) is 9.57. The van der Waals surface area contributed by atoms with Gasteiger partial charge >= 0.3 is 0 Å². The largest absolute Gasteiger partial charge is 0.497 e. The van der Waals surface area contributed by atoms with Gasteiger partial charge in [0.15, 0.2) is 0 Å². The molecule has 0 atom stereocenters. The van der Waals surface area contributed by atoms with Crippen molar-refractivity contribution < 1.29 is 17.9 Å². The predicted molar refractivity (Wildman–Crippen MR) is 96.2 cm³/mol. The van der Waals surface area contributed by atoms with Gasteiger partial charge in [-0.05, 0) is 43.3 Å². The molecule has 24 heavy (non-hydrogen) atoms. The van der Waals surface area contributed by atoms with E-state index in [1.54, 1.807) is 38.3 Å². The standard InChI is InChI=1S/C16H17Cl2NO4S/c1-4-19(11-5-7-12(22-2)8-6-11)24(20,21)14-10-9-13(23-3)15(17)16(14)18/h5-10H,4H2,1-3H3. The van der Waals surface area contributed by atoms with Crippen molar-refractivity contribution in [2.75, 3.05) is 25.1 Å². The van der Waals surface area contributed by atoms with Crippen LogP contribution in [-0.2, 0) is 10.0 Å². The van der Waals surface area contributed by atoms with Crippen LogP contribution in [0.3, 0.4) is 0 Å². The molecule has 8 heteroatoms. The van der Waals surface area contributed by atoms with Gasteiger partial charge in [-0.25, -0.2) is 8.42 Å². The van der Waals surface area contributed by atoms with Crippen LogP contribution in [0, 0.1) is 0 Å². The SMILES string of the molecule is CCN(c1ccc(OC)cc1)S(=O)(=O)c1ccc(OC)c(Cl)c1Cl. The van der Waals surface area contributed by atoms with Crippen LogP contribution in [0.5, 0.6) is 11.5 Å². The van der Waals surface area contributed by atoms with Crippen molar-refractivity contribution in [2.45, 2.75) is 11.8 Å². The minimum Gasteiger partial charge on any atom is -0.497 e. The van der Waals surface area contributed by atoms with Crippen LogP contribution in [0.15, 0.2) is 41.3 Å². The Morgan fingerprint density at radius 2 is 1.58 bits per heavy atom. The molecule has 0 aliphatic heterocycles. The van der Waals surface area contributed by atoms with E-state index in [1.807, 2.05) is 0 Å².